The molecule has 0 radical (unpaired) electrons. The fraction of sp³-hybridized carbons (Fsp3) is 0.167. The molecule has 0 saturated heterocycles. The minimum absolute atomic E-state index is 0.152. The second-order valence-electron chi connectivity index (χ2n) is 2.03. The molecule has 0 aliphatic heterocycles. The predicted octanol–water partition coefficient (Wildman–Crippen LogP) is 1.02. The molecule has 1 rings (SSSR count). The largest absolute Gasteiger partial charge is 0.350 e. The van der Waals surface area contributed by atoms with E-state index in [1.54, 1.807) is 0 Å². The molecule has 60 valence electrons. The van der Waals surface area contributed by atoms with Crippen molar-refractivity contribution < 1.29 is 10.0 Å². The number of hydrogen-bond donors (Lipinski definition) is 2. The third-order valence-corrected chi connectivity index (χ3v) is 1.90. The summed E-state index contributed by atoms with van der Waals surface area (Å²) < 4.78 is 0. The van der Waals surface area contributed by atoms with Crippen molar-refractivity contribution in [3.63, 3.8) is 0 Å². The summed E-state index contributed by atoms with van der Waals surface area (Å²) in [7, 11) is 0. The van der Waals surface area contributed by atoms with Crippen LogP contribution in [-0.4, -0.2) is 16.3 Å². The highest BCUT2D eigenvalue weighted by Crippen LogP contribution is 2.07. The fourth-order valence-electron chi connectivity index (χ4n) is 0.633. The molecule has 0 saturated carbocycles. The van der Waals surface area contributed by atoms with Crippen molar-refractivity contribution in [3.05, 3.63) is 22.4 Å². The van der Waals surface area contributed by atoms with Gasteiger partial charge in [-0.3, -0.25) is 5.21 Å². The Morgan fingerprint density at radius 1 is 1.82 bits per heavy atom. The highest BCUT2D eigenvalue weighted by Gasteiger charge is 2.05. The minimum atomic E-state index is -0.837. The van der Waals surface area contributed by atoms with Gasteiger partial charge in [-0.25, -0.2) is 9.86 Å². The van der Waals surface area contributed by atoms with Gasteiger partial charge in [-0.2, -0.15) is 11.3 Å². The smallest absolute Gasteiger partial charge is 0.338 e. The van der Waals surface area contributed by atoms with Crippen LogP contribution in [0.25, 0.3) is 0 Å². The van der Waals surface area contributed by atoms with E-state index in [2.05, 4.69) is 0 Å². The molecule has 0 atom stereocenters. The molecule has 1 aromatic rings. The summed E-state index contributed by atoms with van der Waals surface area (Å²) in [5.74, 6) is 0. The molecule has 2 amide bonds. The molecule has 0 aromatic carbocycles. The first-order chi connectivity index (χ1) is 5.20. The average molecular weight is 172 g/mol. The van der Waals surface area contributed by atoms with E-state index in [9.17, 15) is 4.79 Å². The van der Waals surface area contributed by atoms with E-state index in [1.807, 2.05) is 16.8 Å². The molecule has 5 heteroatoms. The van der Waals surface area contributed by atoms with Crippen LogP contribution in [0.1, 0.15) is 5.56 Å². The zero-order valence-electron chi connectivity index (χ0n) is 5.73. The molecule has 1 aromatic heterocycles. The van der Waals surface area contributed by atoms with E-state index < -0.39 is 6.03 Å². The Hall–Kier alpha value is -1.07. The van der Waals surface area contributed by atoms with Crippen molar-refractivity contribution in [2.45, 2.75) is 6.54 Å². The van der Waals surface area contributed by atoms with Crippen molar-refractivity contribution in [3.8, 4) is 0 Å². The number of hydroxylamine groups is 2. The van der Waals surface area contributed by atoms with Gasteiger partial charge in [0.2, 0.25) is 0 Å². The summed E-state index contributed by atoms with van der Waals surface area (Å²) in [5, 5.41) is 13.0. The van der Waals surface area contributed by atoms with Crippen molar-refractivity contribution in [2.24, 2.45) is 5.73 Å². The number of nitrogens with zero attached hydrogens (tertiary/aromatic N) is 1. The highest BCUT2D eigenvalue weighted by atomic mass is 32.1. The van der Waals surface area contributed by atoms with Crippen LogP contribution < -0.4 is 5.73 Å². The standard InChI is InChI=1S/C6H8N2O2S/c7-6(9)8(10)3-5-1-2-11-4-5/h1-2,4,10H,3H2,(H2,7,9). The van der Waals surface area contributed by atoms with Crippen molar-refractivity contribution in [2.75, 3.05) is 0 Å². The zero-order chi connectivity index (χ0) is 8.27. The Kier molecular flexibility index (Phi) is 2.45. The van der Waals surface area contributed by atoms with E-state index in [0.717, 1.165) is 5.56 Å². The molecule has 0 fully saturated rings. The molecular formula is C6H8N2O2S. The van der Waals surface area contributed by atoms with Gasteiger partial charge in [0.05, 0.1) is 6.54 Å². The van der Waals surface area contributed by atoms with E-state index in [-0.39, 0.29) is 6.54 Å². The van der Waals surface area contributed by atoms with Crippen molar-refractivity contribution in [1.82, 2.24) is 5.06 Å². The maximum atomic E-state index is 10.3. The monoisotopic (exact) mass is 172 g/mol. The van der Waals surface area contributed by atoms with Crippen molar-refractivity contribution >= 4 is 17.4 Å². The molecule has 0 spiro atoms. The average Bonchev–Trinajstić information content (AvgIpc) is 2.39. The molecule has 0 aliphatic carbocycles. The van der Waals surface area contributed by atoms with Crippen LogP contribution in [0.15, 0.2) is 16.8 Å². The van der Waals surface area contributed by atoms with Gasteiger partial charge in [-0.05, 0) is 22.4 Å². The molecule has 0 bridgehead atoms. The lowest BCUT2D eigenvalue weighted by Gasteiger charge is -2.09. The second-order valence-corrected chi connectivity index (χ2v) is 2.81. The molecule has 11 heavy (non-hydrogen) atoms. The molecule has 0 aliphatic rings. The molecule has 0 unspecified atom stereocenters. The van der Waals surface area contributed by atoms with Gasteiger partial charge in [0, 0.05) is 0 Å². The summed E-state index contributed by atoms with van der Waals surface area (Å²) in [6.07, 6.45) is 0. The number of carbonyl (C=O) groups excluding carboxylic acids is 1. The Bertz CT molecular complexity index is 235. The Labute approximate surface area is 67.8 Å². The second kappa shape index (κ2) is 3.36. The first-order valence-corrected chi connectivity index (χ1v) is 3.91. The molecule has 4 nitrogen and oxygen atoms in total. The number of urea groups is 1. The van der Waals surface area contributed by atoms with Gasteiger partial charge in [-0.1, -0.05) is 0 Å². The van der Waals surface area contributed by atoms with Crippen LogP contribution in [0.4, 0.5) is 4.79 Å². The number of nitrogens with two attached hydrogens (primary N) is 1. The van der Waals surface area contributed by atoms with Gasteiger partial charge < -0.3 is 5.73 Å². The van der Waals surface area contributed by atoms with Gasteiger partial charge in [0.15, 0.2) is 0 Å². The normalized spacial score (nSPS) is 9.55. The Morgan fingerprint density at radius 3 is 3.00 bits per heavy atom. The maximum absolute atomic E-state index is 10.3. The number of rotatable bonds is 2. The number of thiophene rings is 1. The van der Waals surface area contributed by atoms with Gasteiger partial charge in [0.1, 0.15) is 0 Å². The lowest BCUT2D eigenvalue weighted by molar-refractivity contribution is -0.0469. The van der Waals surface area contributed by atoms with E-state index in [0.29, 0.717) is 5.06 Å². The van der Waals surface area contributed by atoms with Crippen molar-refractivity contribution in [1.29, 1.82) is 0 Å². The minimum Gasteiger partial charge on any atom is -0.350 e. The fourth-order valence-corrected chi connectivity index (χ4v) is 1.29. The van der Waals surface area contributed by atoms with Gasteiger partial charge >= 0.3 is 6.03 Å². The van der Waals surface area contributed by atoms with Crippen LogP contribution in [0.5, 0.6) is 0 Å². The molecular weight excluding hydrogens is 164 g/mol. The van der Waals surface area contributed by atoms with Crippen LogP contribution in [0.3, 0.4) is 0 Å². The van der Waals surface area contributed by atoms with Crippen LogP contribution in [0, 0.1) is 0 Å². The van der Waals surface area contributed by atoms with Gasteiger partial charge in [-0.15, -0.1) is 0 Å². The zero-order valence-corrected chi connectivity index (χ0v) is 6.54. The van der Waals surface area contributed by atoms with E-state index >= 15 is 0 Å². The maximum Gasteiger partial charge on any atom is 0.338 e. The SMILES string of the molecule is NC(=O)N(O)Cc1ccsc1. The van der Waals surface area contributed by atoms with Gasteiger partial charge in [0.25, 0.3) is 0 Å². The summed E-state index contributed by atoms with van der Waals surface area (Å²) in [5.41, 5.74) is 5.66. The summed E-state index contributed by atoms with van der Waals surface area (Å²) >= 11 is 1.50. The van der Waals surface area contributed by atoms with Crippen LogP contribution >= 0.6 is 11.3 Å². The molecule has 3 N–H and O–H groups in total. The lowest BCUT2D eigenvalue weighted by atomic mass is 10.3. The van der Waals surface area contributed by atoms with E-state index in [4.69, 9.17) is 10.9 Å². The Balaban J connectivity index is 2.50. The number of carbonyl (C=O) groups is 1. The Morgan fingerprint density at radius 2 is 2.55 bits per heavy atom. The van der Waals surface area contributed by atoms with Crippen LogP contribution in [-0.2, 0) is 6.54 Å². The summed E-state index contributed by atoms with van der Waals surface area (Å²) in [6.45, 7) is 0.152. The third kappa shape index (κ3) is 2.21. The quantitative estimate of drug-likeness (QED) is 0.516. The van der Waals surface area contributed by atoms with Crippen LogP contribution in [0.2, 0.25) is 0 Å². The first-order valence-electron chi connectivity index (χ1n) is 2.97. The number of amides is 2. The topological polar surface area (TPSA) is 66.6 Å². The first kappa shape index (κ1) is 8.03. The lowest BCUT2D eigenvalue weighted by Crippen LogP contribution is -2.31. The molecule has 1 heterocycles. The van der Waals surface area contributed by atoms with E-state index in [1.165, 1.54) is 11.3 Å². The number of primary amides is 1. The predicted molar refractivity (Wildman–Crippen MR) is 41.2 cm³/mol. The third-order valence-electron chi connectivity index (χ3n) is 1.17. The summed E-state index contributed by atoms with van der Waals surface area (Å²) in [4.78, 5) is 10.3. The number of hydrogen-bond acceptors (Lipinski definition) is 3. The summed E-state index contributed by atoms with van der Waals surface area (Å²) in [6, 6.07) is 0.979. The highest BCUT2D eigenvalue weighted by molar-refractivity contribution is 7.07.